The van der Waals surface area contributed by atoms with E-state index in [1.165, 1.54) is 315 Å². The first-order valence-corrected chi connectivity index (χ1v) is 51.0. The van der Waals surface area contributed by atoms with Crippen LogP contribution in [0.25, 0.3) is 0 Å². The van der Waals surface area contributed by atoms with Gasteiger partial charge in [-0.3, -0.25) is 37.3 Å². The van der Waals surface area contributed by atoms with Crippen LogP contribution in [0.1, 0.15) is 504 Å². The summed E-state index contributed by atoms with van der Waals surface area (Å²) in [5.41, 5.74) is 0. The van der Waals surface area contributed by atoms with E-state index in [1.807, 2.05) is 0 Å². The molecule has 3 unspecified atom stereocenters. The van der Waals surface area contributed by atoms with Crippen molar-refractivity contribution in [1.82, 2.24) is 0 Å². The van der Waals surface area contributed by atoms with Crippen LogP contribution in [-0.2, 0) is 65.4 Å². The van der Waals surface area contributed by atoms with Crippen molar-refractivity contribution in [2.45, 2.75) is 522 Å². The average molecular weight is 1630 g/mol. The largest absolute Gasteiger partial charge is 0.472 e. The van der Waals surface area contributed by atoms with E-state index >= 15 is 0 Å². The van der Waals surface area contributed by atoms with E-state index in [9.17, 15) is 43.2 Å². The van der Waals surface area contributed by atoms with E-state index in [4.69, 9.17) is 37.0 Å². The SMILES string of the molecule is CCCCCCCCCCCCCCCCCCCCCCCCC(=O)OC[C@H](COP(=O)(O)OC[C@@H](O)COP(=O)(O)OC[C@@H](COC(=O)CCCCCCCCCC(C)C)OC(=O)CCCCCCCCCCCCCCCCCCCC)OC(=O)CCCCCCCCCCCCCCCCCCCCC(C)CC. The van der Waals surface area contributed by atoms with Crippen LogP contribution in [0.2, 0.25) is 0 Å². The molecule has 0 aliphatic heterocycles. The van der Waals surface area contributed by atoms with Gasteiger partial charge in [-0.05, 0) is 37.5 Å². The molecule has 0 bridgehead atoms. The van der Waals surface area contributed by atoms with E-state index in [-0.39, 0.29) is 25.7 Å². The summed E-state index contributed by atoms with van der Waals surface area (Å²) in [6.45, 7) is 9.72. The van der Waals surface area contributed by atoms with Crippen LogP contribution in [0.5, 0.6) is 0 Å². The van der Waals surface area contributed by atoms with Gasteiger partial charge in [-0.15, -0.1) is 0 Å². The predicted molar refractivity (Wildman–Crippen MR) is 465 cm³/mol. The van der Waals surface area contributed by atoms with Crippen molar-refractivity contribution in [3.8, 4) is 0 Å². The second-order valence-electron chi connectivity index (χ2n) is 34.1. The predicted octanol–water partition coefficient (Wildman–Crippen LogP) is 29.0. The second-order valence-corrected chi connectivity index (χ2v) is 37.0. The number of phosphoric ester groups is 2. The third-order valence-electron chi connectivity index (χ3n) is 22.3. The zero-order valence-electron chi connectivity index (χ0n) is 74.0. The summed E-state index contributed by atoms with van der Waals surface area (Å²) in [6.07, 6.45) is 79.5. The number of ether oxygens (including phenoxy) is 4. The molecule has 0 rings (SSSR count). The summed E-state index contributed by atoms with van der Waals surface area (Å²) in [6, 6.07) is 0. The third kappa shape index (κ3) is 84.5. The zero-order chi connectivity index (χ0) is 82.0. The Morgan fingerprint density at radius 2 is 0.455 bits per heavy atom. The first-order valence-electron chi connectivity index (χ1n) is 48.0. The lowest BCUT2D eigenvalue weighted by atomic mass is 9.99. The summed E-state index contributed by atoms with van der Waals surface area (Å²) >= 11 is 0. The molecule has 0 aromatic rings. The number of esters is 4. The second kappa shape index (κ2) is 84.1. The van der Waals surface area contributed by atoms with E-state index in [0.29, 0.717) is 31.6 Å². The number of hydrogen-bond acceptors (Lipinski definition) is 15. The molecule has 17 nitrogen and oxygen atoms in total. The molecule has 0 spiro atoms. The Labute approximate surface area is 689 Å². The minimum absolute atomic E-state index is 0.108. The highest BCUT2D eigenvalue weighted by atomic mass is 31.2. The third-order valence-corrected chi connectivity index (χ3v) is 24.2. The molecule has 0 saturated heterocycles. The normalized spacial score (nSPS) is 13.9. The number of carbonyl (C=O) groups is 4. The highest BCUT2D eigenvalue weighted by Gasteiger charge is 2.31. The van der Waals surface area contributed by atoms with Crippen LogP contribution in [0, 0.1) is 11.8 Å². The minimum Gasteiger partial charge on any atom is -0.462 e. The van der Waals surface area contributed by atoms with Crippen molar-refractivity contribution in [2.75, 3.05) is 39.6 Å². The quantitative estimate of drug-likeness (QED) is 0.0222. The van der Waals surface area contributed by atoms with Gasteiger partial charge in [0, 0.05) is 25.7 Å². The van der Waals surface area contributed by atoms with Crippen LogP contribution in [0.4, 0.5) is 0 Å². The molecule has 0 radical (unpaired) electrons. The number of carbonyl (C=O) groups excluding carboxylic acids is 4. The molecule has 0 amide bonds. The van der Waals surface area contributed by atoms with Crippen LogP contribution >= 0.6 is 15.6 Å². The van der Waals surface area contributed by atoms with Gasteiger partial charge in [-0.25, -0.2) is 9.13 Å². The zero-order valence-corrected chi connectivity index (χ0v) is 75.8. The van der Waals surface area contributed by atoms with Crippen molar-refractivity contribution in [2.24, 2.45) is 11.8 Å². The molecule has 0 aliphatic rings. The Balaban J connectivity index is 5.21. The van der Waals surface area contributed by atoms with Gasteiger partial charge in [0.1, 0.15) is 19.3 Å². The van der Waals surface area contributed by atoms with Crippen molar-refractivity contribution in [1.29, 1.82) is 0 Å². The lowest BCUT2D eigenvalue weighted by molar-refractivity contribution is -0.161. The topological polar surface area (TPSA) is 237 Å². The molecule has 0 aromatic carbocycles. The fourth-order valence-corrected chi connectivity index (χ4v) is 16.2. The van der Waals surface area contributed by atoms with E-state index in [0.717, 1.165) is 102 Å². The Morgan fingerprint density at radius 1 is 0.259 bits per heavy atom. The van der Waals surface area contributed by atoms with Gasteiger partial charge in [0.05, 0.1) is 26.4 Å². The smallest absolute Gasteiger partial charge is 0.462 e. The summed E-state index contributed by atoms with van der Waals surface area (Å²) in [7, 11) is -9.94. The number of hydrogen-bond donors (Lipinski definition) is 3. The van der Waals surface area contributed by atoms with Crippen molar-refractivity contribution < 1.29 is 80.2 Å². The molecule has 6 atom stereocenters. The molecule has 0 aromatic heterocycles. The van der Waals surface area contributed by atoms with Crippen LogP contribution < -0.4 is 0 Å². The van der Waals surface area contributed by atoms with Crippen LogP contribution in [0.3, 0.4) is 0 Å². The Hall–Kier alpha value is -1.94. The van der Waals surface area contributed by atoms with Crippen molar-refractivity contribution in [3.05, 3.63) is 0 Å². The molecule has 0 fully saturated rings. The maximum absolute atomic E-state index is 13.2. The lowest BCUT2D eigenvalue weighted by Gasteiger charge is -2.21. The Bertz CT molecular complexity index is 2130. The monoisotopic (exact) mass is 1630 g/mol. The summed E-state index contributed by atoms with van der Waals surface area (Å²) in [4.78, 5) is 73.4. The van der Waals surface area contributed by atoms with Crippen LogP contribution in [-0.4, -0.2) is 96.7 Å². The Morgan fingerprint density at radius 3 is 0.679 bits per heavy atom. The molecule has 112 heavy (non-hydrogen) atoms. The number of aliphatic hydroxyl groups excluding tert-OH is 1. The van der Waals surface area contributed by atoms with Gasteiger partial charge >= 0.3 is 39.5 Å². The molecular weight excluding hydrogens is 1450 g/mol. The van der Waals surface area contributed by atoms with Crippen molar-refractivity contribution >= 4 is 39.5 Å². The highest BCUT2D eigenvalue weighted by Crippen LogP contribution is 2.45. The number of unbranched alkanes of at least 4 members (excludes halogenated alkanes) is 61. The van der Waals surface area contributed by atoms with E-state index in [1.54, 1.807) is 0 Å². The molecule has 3 N–H and O–H groups in total. The van der Waals surface area contributed by atoms with E-state index in [2.05, 4.69) is 41.5 Å². The molecular formula is C93H182O17P2. The molecule has 0 heterocycles. The number of rotatable bonds is 92. The van der Waals surface area contributed by atoms with Gasteiger partial charge in [-0.2, -0.15) is 0 Å². The molecule has 0 aliphatic carbocycles. The molecule has 19 heteroatoms. The van der Waals surface area contributed by atoms with Gasteiger partial charge in [-0.1, -0.05) is 452 Å². The van der Waals surface area contributed by atoms with Crippen molar-refractivity contribution in [3.63, 3.8) is 0 Å². The first-order chi connectivity index (χ1) is 54.4. The first kappa shape index (κ1) is 110. The fraction of sp³-hybridized carbons (Fsp3) is 0.957. The lowest BCUT2D eigenvalue weighted by Crippen LogP contribution is -2.30. The maximum atomic E-state index is 13.2. The Kier molecular flexibility index (Phi) is 82.6. The standard InChI is InChI=1S/C93H182O17P2/c1-7-10-12-14-16-18-20-22-24-26-28-29-30-31-36-39-43-47-51-57-63-69-75-90(95)103-81-88(109-92(97)77-71-66-59-53-49-45-41-37-33-32-34-38-42-46-50-56-62-68-74-86(6)9-3)83-107-111(99,100)105-79-87(94)80-106-112(101,102)108-84-89(82-104-91(96)76-70-64-60-54-55-61-67-73-85(4)5)110-93(98)78-72-65-58-52-48-44-40-35-27-25-23-21-19-17-15-13-11-8-2/h85-89,94H,7-84H2,1-6H3,(H,99,100)(H,101,102)/t86?,87-,88-,89-/m1/s1. The minimum atomic E-state index is -4.97. The highest BCUT2D eigenvalue weighted by molar-refractivity contribution is 7.47. The van der Waals surface area contributed by atoms with Gasteiger partial charge in [0.25, 0.3) is 0 Å². The summed E-state index contributed by atoms with van der Waals surface area (Å²) in [5.74, 6) is -0.520. The van der Waals surface area contributed by atoms with Gasteiger partial charge in [0.2, 0.25) is 0 Å². The number of phosphoric acid groups is 2. The maximum Gasteiger partial charge on any atom is 0.472 e. The van der Waals surface area contributed by atoms with Gasteiger partial charge in [0.15, 0.2) is 12.2 Å². The molecule has 0 saturated carbocycles. The van der Waals surface area contributed by atoms with Crippen LogP contribution in [0.15, 0.2) is 0 Å². The summed E-state index contributed by atoms with van der Waals surface area (Å²) in [5, 5.41) is 10.7. The van der Waals surface area contributed by atoms with Gasteiger partial charge < -0.3 is 33.8 Å². The average Bonchev–Trinajstić information content (AvgIpc) is 0.899. The fourth-order valence-electron chi connectivity index (χ4n) is 14.6. The van der Waals surface area contributed by atoms with E-state index < -0.39 is 97.5 Å². The summed E-state index contributed by atoms with van der Waals surface area (Å²) < 4.78 is 69.1. The number of aliphatic hydroxyl groups is 1. The molecule has 666 valence electrons.